The first-order valence-corrected chi connectivity index (χ1v) is 8.36. The zero-order valence-electron chi connectivity index (χ0n) is 15.3. The topological polar surface area (TPSA) is 60.4 Å². The molecule has 4 heteroatoms. The van der Waals surface area contributed by atoms with Crippen molar-refractivity contribution in [3.63, 3.8) is 0 Å². The summed E-state index contributed by atoms with van der Waals surface area (Å²) >= 11 is 0. The minimum Gasteiger partial charge on any atom is -0.453 e. The van der Waals surface area contributed by atoms with Gasteiger partial charge in [0.05, 0.1) is 0 Å². The Balaban J connectivity index is 0.000000151. The van der Waals surface area contributed by atoms with E-state index in [2.05, 4.69) is 0 Å². The van der Waals surface area contributed by atoms with E-state index in [4.69, 9.17) is 8.83 Å². The van der Waals surface area contributed by atoms with Gasteiger partial charge in [-0.1, -0.05) is 24.3 Å². The number of carbonyl (C=O) groups is 2. The van der Waals surface area contributed by atoms with Crippen LogP contribution in [0.25, 0.3) is 21.9 Å². The van der Waals surface area contributed by atoms with Crippen LogP contribution in [0.15, 0.2) is 57.4 Å². The summed E-state index contributed by atoms with van der Waals surface area (Å²) in [5.41, 5.74) is 3.84. The molecule has 2 heterocycles. The van der Waals surface area contributed by atoms with Crippen molar-refractivity contribution in [1.29, 1.82) is 0 Å². The highest BCUT2D eigenvalue weighted by Crippen LogP contribution is 2.21. The van der Waals surface area contributed by atoms with Crippen LogP contribution in [0.2, 0.25) is 0 Å². The smallest absolute Gasteiger partial charge is 0.194 e. The number of aryl methyl sites for hydroxylation is 2. The molecule has 4 nitrogen and oxygen atoms in total. The molecule has 26 heavy (non-hydrogen) atoms. The number of rotatable bonds is 2. The van der Waals surface area contributed by atoms with Gasteiger partial charge in [0.15, 0.2) is 23.1 Å². The molecule has 0 aliphatic carbocycles. The van der Waals surface area contributed by atoms with Gasteiger partial charge in [0, 0.05) is 24.6 Å². The molecule has 0 aliphatic heterocycles. The van der Waals surface area contributed by atoms with Crippen LogP contribution in [0.4, 0.5) is 0 Å². The van der Waals surface area contributed by atoms with Gasteiger partial charge < -0.3 is 8.83 Å². The first-order valence-electron chi connectivity index (χ1n) is 8.36. The third-order valence-corrected chi connectivity index (χ3v) is 4.05. The molecule has 0 bridgehead atoms. The number of furan rings is 2. The summed E-state index contributed by atoms with van der Waals surface area (Å²) in [7, 11) is 0. The van der Waals surface area contributed by atoms with E-state index in [-0.39, 0.29) is 11.6 Å². The van der Waals surface area contributed by atoms with Crippen molar-refractivity contribution >= 4 is 33.5 Å². The van der Waals surface area contributed by atoms with E-state index in [1.54, 1.807) is 12.1 Å². The predicted octanol–water partition coefficient (Wildman–Crippen LogP) is 5.89. The number of carbonyl (C=O) groups excluding carboxylic acids is 2. The number of fused-ring (bicyclic) bond motifs is 2. The minimum absolute atomic E-state index is 0.0335. The zero-order valence-corrected chi connectivity index (χ0v) is 15.3. The van der Waals surface area contributed by atoms with Gasteiger partial charge in [-0.3, -0.25) is 9.59 Å². The van der Waals surface area contributed by atoms with Crippen molar-refractivity contribution in [2.45, 2.75) is 27.7 Å². The molecule has 0 N–H and O–H groups in total. The Morgan fingerprint density at radius 1 is 0.654 bits per heavy atom. The summed E-state index contributed by atoms with van der Waals surface area (Å²) in [5, 5.41) is 1.96. The maximum Gasteiger partial charge on any atom is 0.194 e. The molecule has 132 valence electrons. The summed E-state index contributed by atoms with van der Waals surface area (Å²) in [5.74, 6) is 0.795. The van der Waals surface area contributed by atoms with Crippen LogP contribution in [0.5, 0.6) is 0 Å². The van der Waals surface area contributed by atoms with E-state index in [1.807, 2.05) is 50.2 Å². The molecule has 0 radical (unpaired) electrons. The summed E-state index contributed by atoms with van der Waals surface area (Å²) in [6, 6.07) is 15.3. The molecular weight excluding hydrogens is 328 g/mol. The fraction of sp³-hybridized carbons (Fsp3) is 0.182. The van der Waals surface area contributed by atoms with Crippen LogP contribution in [-0.4, -0.2) is 11.6 Å². The van der Waals surface area contributed by atoms with Gasteiger partial charge in [-0.2, -0.15) is 0 Å². The van der Waals surface area contributed by atoms with Crippen molar-refractivity contribution in [2.75, 3.05) is 0 Å². The predicted molar refractivity (Wildman–Crippen MR) is 102 cm³/mol. The van der Waals surface area contributed by atoms with E-state index in [0.717, 1.165) is 33.1 Å². The Morgan fingerprint density at radius 3 is 1.38 bits per heavy atom. The average molecular weight is 348 g/mol. The quantitative estimate of drug-likeness (QED) is 0.424. The lowest BCUT2D eigenvalue weighted by Crippen LogP contribution is -1.85. The maximum atomic E-state index is 11.0. The standard InChI is InChI=1S/2C11H10O2/c2*1-7-3-4-9-6-10(8(2)12)13-11(9)5-7/h2*3-6H,1-2H3. The number of hydrogen-bond donors (Lipinski definition) is 0. The highest BCUT2D eigenvalue weighted by Gasteiger charge is 2.07. The first kappa shape index (κ1) is 17.7. The van der Waals surface area contributed by atoms with Gasteiger partial charge >= 0.3 is 0 Å². The van der Waals surface area contributed by atoms with E-state index in [0.29, 0.717) is 11.5 Å². The van der Waals surface area contributed by atoms with Gasteiger partial charge in [0.1, 0.15) is 11.2 Å². The fourth-order valence-electron chi connectivity index (χ4n) is 2.62. The van der Waals surface area contributed by atoms with Crippen LogP contribution >= 0.6 is 0 Å². The SMILES string of the molecule is CC(=O)c1cc2ccc(C)cc2o1.CC(=O)c1cc2ccc(C)cc2o1. The second kappa shape index (κ2) is 7.00. The van der Waals surface area contributed by atoms with Crippen molar-refractivity contribution in [1.82, 2.24) is 0 Å². The van der Waals surface area contributed by atoms with Crippen molar-refractivity contribution in [3.8, 4) is 0 Å². The Bertz CT molecular complexity index is 1020. The highest BCUT2D eigenvalue weighted by molar-refractivity contribution is 5.96. The van der Waals surface area contributed by atoms with Gasteiger partial charge in [0.25, 0.3) is 0 Å². The molecular formula is C22H20O4. The molecule has 0 aliphatic rings. The van der Waals surface area contributed by atoms with Crippen LogP contribution in [0.1, 0.15) is 46.1 Å². The molecule has 0 atom stereocenters. The third kappa shape index (κ3) is 3.75. The highest BCUT2D eigenvalue weighted by atomic mass is 16.3. The lowest BCUT2D eigenvalue weighted by Gasteiger charge is -1.89. The molecule has 0 saturated carbocycles. The Kier molecular flexibility index (Phi) is 4.76. The number of hydrogen-bond acceptors (Lipinski definition) is 4. The molecule has 2 aromatic heterocycles. The second-order valence-electron chi connectivity index (χ2n) is 6.42. The second-order valence-corrected chi connectivity index (χ2v) is 6.42. The third-order valence-electron chi connectivity index (χ3n) is 4.05. The summed E-state index contributed by atoms with van der Waals surface area (Å²) in [4.78, 5) is 22.0. The summed E-state index contributed by atoms with van der Waals surface area (Å²) in [6.45, 7) is 7.00. The average Bonchev–Trinajstić information content (AvgIpc) is 3.18. The van der Waals surface area contributed by atoms with Gasteiger partial charge in [-0.25, -0.2) is 0 Å². The van der Waals surface area contributed by atoms with Crippen LogP contribution < -0.4 is 0 Å². The van der Waals surface area contributed by atoms with Gasteiger partial charge in [-0.15, -0.1) is 0 Å². The fourth-order valence-corrected chi connectivity index (χ4v) is 2.62. The maximum absolute atomic E-state index is 11.0. The minimum atomic E-state index is -0.0335. The van der Waals surface area contributed by atoms with Crippen molar-refractivity contribution in [2.24, 2.45) is 0 Å². The van der Waals surface area contributed by atoms with Crippen molar-refractivity contribution < 1.29 is 18.4 Å². The summed E-state index contributed by atoms with van der Waals surface area (Å²) < 4.78 is 10.7. The Hall–Kier alpha value is -3.14. The molecule has 0 spiro atoms. The lowest BCUT2D eigenvalue weighted by molar-refractivity contribution is 0.0981. The molecule has 4 rings (SSSR count). The molecule has 0 unspecified atom stereocenters. The van der Waals surface area contributed by atoms with Crippen LogP contribution in [0.3, 0.4) is 0 Å². The van der Waals surface area contributed by atoms with E-state index in [1.165, 1.54) is 13.8 Å². The molecule has 2 aromatic carbocycles. The molecule has 0 fully saturated rings. The number of ketones is 2. The lowest BCUT2D eigenvalue weighted by atomic mass is 10.2. The Labute approximate surface area is 151 Å². The largest absolute Gasteiger partial charge is 0.453 e. The molecule has 0 saturated heterocycles. The molecule has 4 aromatic rings. The van der Waals surface area contributed by atoms with Gasteiger partial charge in [-0.05, 0) is 49.2 Å². The molecule has 0 amide bonds. The van der Waals surface area contributed by atoms with Crippen molar-refractivity contribution in [3.05, 3.63) is 71.2 Å². The van der Waals surface area contributed by atoms with E-state index < -0.39 is 0 Å². The number of Topliss-reactive ketones (excluding diaryl/α,β-unsaturated/α-hetero) is 2. The van der Waals surface area contributed by atoms with Crippen LogP contribution in [-0.2, 0) is 0 Å². The van der Waals surface area contributed by atoms with Crippen LogP contribution in [0, 0.1) is 13.8 Å². The Morgan fingerprint density at radius 2 is 1.04 bits per heavy atom. The first-order chi connectivity index (χ1) is 12.3. The normalized spacial score (nSPS) is 10.6. The number of benzene rings is 2. The van der Waals surface area contributed by atoms with E-state index in [9.17, 15) is 9.59 Å². The summed E-state index contributed by atoms with van der Waals surface area (Å²) in [6.07, 6.45) is 0. The van der Waals surface area contributed by atoms with E-state index >= 15 is 0 Å². The monoisotopic (exact) mass is 348 g/mol. The van der Waals surface area contributed by atoms with Gasteiger partial charge in [0.2, 0.25) is 0 Å². The zero-order chi connectivity index (χ0) is 18.8.